The quantitative estimate of drug-likeness (QED) is 0.663. The zero-order valence-corrected chi connectivity index (χ0v) is 9.58. The Kier molecular flexibility index (Phi) is 3.18. The lowest BCUT2D eigenvalue weighted by atomic mass is 10.1. The van der Waals surface area contributed by atoms with Gasteiger partial charge in [-0.1, -0.05) is 0 Å². The Hall–Kier alpha value is -2.51. The molecule has 0 radical (unpaired) electrons. The number of carbonyl (C=O) groups is 3. The second-order valence-corrected chi connectivity index (χ2v) is 3.75. The highest BCUT2D eigenvalue weighted by Crippen LogP contribution is 2.13. The van der Waals surface area contributed by atoms with Crippen molar-refractivity contribution in [2.24, 2.45) is 5.92 Å². The summed E-state index contributed by atoms with van der Waals surface area (Å²) in [5.41, 5.74) is 2.32. The predicted molar refractivity (Wildman–Crippen MR) is 59.7 cm³/mol. The van der Waals surface area contributed by atoms with Gasteiger partial charge in [0.25, 0.3) is 11.8 Å². The van der Waals surface area contributed by atoms with Crippen LogP contribution in [0.15, 0.2) is 18.5 Å². The van der Waals surface area contributed by atoms with E-state index in [0.717, 1.165) is 5.01 Å². The molecule has 1 saturated heterocycles. The molecule has 1 unspecified atom stereocenters. The van der Waals surface area contributed by atoms with Crippen LogP contribution in [-0.2, 0) is 14.4 Å². The predicted octanol–water partition coefficient (Wildman–Crippen LogP) is -1.08. The van der Waals surface area contributed by atoms with Crippen LogP contribution in [0, 0.1) is 5.92 Å². The summed E-state index contributed by atoms with van der Waals surface area (Å²) >= 11 is 0. The van der Waals surface area contributed by atoms with Gasteiger partial charge in [0.15, 0.2) is 0 Å². The standard InChI is InChI=1S/C10H11N5O3/c1-15-9(18)6(8(17)14-15)5-7(16)13-10-11-3-2-4-12-10/h2-4,6H,5H2,1H3,(H,14,17)(H,11,12,13,16). The third-order valence-electron chi connectivity index (χ3n) is 2.43. The minimum Gasteiger partial charge on any atom is -0.294 e. The summed E-state index contributed by atoms with van der Waals surface area (Å²) in [4.78, 5) is 42.2. The van der Waals surface area contributed by atoms with Gasteiger partial charge in [-0.05, 0) is 6.07 Å². The topological polar surface area (TPSA) is 104 Å². The largest absolute Gasteiger partial charge is 0.294 e. The van der Waals surface area contributed by atoms with Gasteiger partial charge in [-0.15, -0.1) is 0 Å². The van der Waals surface area contributed by atoms with Crippen LogP contribution in [0.2, 0.25) is 0 Å². The molecule has 1 aliphatic heterocycles. The highest BCUT2D eigenvalue weighted by molar-refractivity contribution is 6.08. The number of anilines is 1. The first-order valence-electron chi connectivity index (χ1n) is 5.23. The van der Waals surface area contributed by atoms with Gasteiger partial charge >= 0.3 is 0 Å². The van der Waals surface area contributed by atoms with E-state index >= 15 is 0 Å². The third kappa shape index (κ3) is 2.42. The summed E-state index contributed by atoms with van der Waals surface area (Å²) in [6.07, 6.45) is 2.72. The molecule has 1 atom stereocenters. The second-order valence-electron chi connectivity index (χ2n) is 3.75. The van der Waals surface area contributed by atoms with Crippen molar-refractivity contribution in [3.63, 3.8) is 0 Å². The summed E-state index contributed by atoms with van der Waals surface area (Å²) in [5, 5.41) is 3.48. The molecular formula is C10H11N5O3. The molecule has 2 N–H and O–H groups in total. The number of carbonyl (C=O) groups excluding carboxylic acids is 3. The lowest BCUT2D eigenvalue weighted by Crippen LogP contribution is -2.31. The normalized spacial score (nSPS) is 18.7. The summed E-state index contributed by atoms with van der Waals surface area (Å²) < 4.78 is 0. The molecule has 1 fully saturated rings. The number of rotatable bonds is 3. The number of nitrogens with one attached hydrogen (secondary N) is 2. The summed E-state index contributed by atoms with van der Waals surface area (Å²) in [7, 11) is 1.43. The number of amides is 3. The van der Waals surface area contributed by atoms with Gasteiger partial charge in [0.05, 0.1) is 0 Å². The fraction of sp³-hybridized carbons (Fsp3) is 0.300. The first-order valence-corrected chi connectivity index (χ1v) is 5.23. The molecule has 8 nitrogen and oxygen atoms in total. The Bertz CT molecular complexity index is 490. The summed E-state index contributed by atoms with van der Waals surface area (Å²) in [5.74, 6) is -2.24. The van der Waals surface area contributed by atoms with E-state index in [1.807, 2.05) is 0 Å². The molecule has 1 aromatic heterocycles. The maximum Gasteiger partial charge on any atom is 0.253 e. The number of aromatic nitrogens is 2. The van der Waals surface area contributed by atoms with Gasteiger partial charge in [0.2, 0.25) is 11.9 Å². The molecule has 18 heavy (non-hydrogen) atoms. The monoisotopic (exact) mass is 249 g/mol. The molecule has 1 aromatic rings. The van der Waals surface area contributed by atoms with Gasteiger partial charge in [0.1, 0.15) is 5.92 Å². The fourth-order valence-corrected chi connectivity index (χ4v) is 1.55. The van der Waals surface area contributed by atoms with Crippen LogP contribution in [0.5, 0.6) is 0 Å². The van der Waals surface area contributed by atoms with Crippen LogP contribution >= 0.6 is 0 Å². The van der Waals surface area contributed by atoms with Crippen molar-refractivity contribution in [2.45, 2.75) is 6.42 Å². The van der Waals surface area contributed by atoms with E-state index in [9.17, 15) is 14.4 Å². The van der Waals surface area contributed by atoms with Gasteiger partial charge in [0, 0.05) is 25.9 Å². The second kappa shape index (κ2) is 4.78. The SMILES string of the molecule is CN1NC(=O)C(CC(=O)Nc2ncccn2)C1=O. The van der Waals surface area contributed by atoms with Gasteiger partial charge < -0.3 is 0 Å². The molecule has 0 aliphatic carbocycles. The van der Waals surface area contributed by atoms with Gasteiger partial charge in [-0.2, -0.15) is 0 Å². The molecular weight excluding hydrogens is 238 g/mol. The lowest BCUT2D eigenvalue weighted by molar-refractivity contribution is -0.134. The number of nitrogens with zero attached hydrogens (tertiary/aromatic N) is 3. The fourth-order valence-electron chi connectivity index (χ4n) is 1.55. The number of hydrogen-bond donors (Lipinski definition) is 2. The van der Waals surface area contributed by atoms with Gasteiger partial charge in [-0.3, -0.25) is 30.1 Å². The van der Waals surface area contributed by atoms with Crippen molar-refractivity contribution < 1.29 is 14.4 Å². The Balaban J connectivity index is 1.96. The Morgan fingerprint density at radius 3 is 2.67 bits per heavy atom. The number of hydrogen-bond acceptors (Lipinski definition) is 5. The lowest BCUT2D eigenvalue weighted by Gasteiger charge is -2.07. The molecule has 0 spiro atoms. The number of hydrazine groups is 1. The molecule has 2 heterocycles. The van der Waals surface area contributed by atoms with Gasteiger partial charge in [-0.25, -0.2) is 9.97 Å². The Morgan fingerprint density at radius 2 is 2.11 bits per heavy atom. The van der Waals surface area contributed by atoms with Crippen molar-refractivity contribution in [3.8, 4) is 0 Å². The van der Waals surface area contributed by atoms with Crippen molar-refractivity contribution >= 4 is 23.7 Å². The third-order valence-corrected chi connectivity index (χ3v) is 2.43. The van der Waals surface area contributed by atoms with E-state index in [0.29, 0.717) is 0 Å². The molecule has 3 amide bonds. The van der Waals surface area contributed by atoms with Crippen molar-refractivity contribution in [2.75, 3.05) is 12.4 Å². The average molecular weight is 249 g/mol. The molecule has 2 rings (SSSR count). The van der Waals surface area contributed by atoms with E-state index < -0.39 is 23.6 Å². The maximum absolute atomic E-state index is 11.6. The van der Waals surface area contributed by atoms with Crippen LogP contribution < -0.4 is 10.7 Å². The minimum absolute atomic E-state index is 0.140. The summed E-state index contributed by atoms with van der Waals surface area (Å²) in [6.45, 7) is 0. The molecule has 0 aromatic carbocycles. The average Bonchev–Trinajstić information content (AvgIpc) is 2.57. The molecule has 1 aliphatic rings. The molecule has 0 saturated carbocycles. The minimum atomic E-state index is -0.987. The van der Waals surface area contributed by atoms with Crippen LogP contribution in [-0.4, -0.2) is 39.7 Å². The highest BCUT2D eigenvalue weighted by atomic mass is 16.2. The summed E-state index contributed by atoms with van der Waals surface area (Å²) in [6, 6.07) is 1.61. The van der Waals surface area contributed by atoms with E-state index in [4.69, 9.17) is 0 Å². The van der Waals surface area contributed by atoms with E-state index in [-0.39, 0.29) is 12.4 Å². The first kappa shape index (κ1) is 12.0. The first-order chi connectivity index (χ1) is 8.58. The zero-order valence-electron chi connectivity index (χ0n) is 9.58. The van der Waals surface area contributed by atoms with Crippen molar-refractivity contribution in [1.82, 2.24) is 20.4 Å². The smallest absolute Gasteiger partial charge is 0.253 e. The highest BCUT2D eigenvalue weighted by Gasteiger charge is 2.38. The van der Waals surface area contributed by atoms with Crippen molar-refractivity contribution in [1.29, 1.82) is 0 Å². The van der Waals surface area contributed by atoms with E-state index in [1.54, 1.807) is 6.07 Å². The van der Waals surface area contributed by atoms with Crippen molar-refractivity contribution in [3.05, 3.63) is 18.5 Å². The van der Waals surface area contributed by atoms with E-state index in [1.165, 1.54) is 19.4 Å². The maximum atomic E-state index is 11.6. The molecule has 0 bridgehead atoms. The van der Waals surface area contributed by atoms with Crippen LogP contribution in [0.4, 0.5) is 5.95 Å². The van der Waals surface area contributed by atoms with E-state index in [2.05, 4.69) is 20.7 Å². The Morgan fingerprint density at radius 1 is 1.44 bits per heavy atom. The zero-order chi connectivity index (χ0) is 13.1. The Labute approximate surface area is 102 Å². The molecule has 94 valence electrons. The van der Waals surface area contributed by atoms with Crippen LogP contribution in [0.1, 0.15) is 6.42 Å². The van der Waals surface area contributed by atoms with Crippen LogP contribution in [0.25, 0.3) is 0 Å². The van der Waals surface area contributed by atoms with Crippen LogP contribution in [0.3, 0.4) is 0 Å². The molecule has 8 heteroatoms.